The fourth-order valence-corrected chi connectivity index (χ4v) is 3.96. The number of nitrogens with one attached hydrogen (secondary N) is 2. The largest absolute Gasteiger partial charge is 0.388 e. The van der Waals surface area contributed by atoms with E-state index in [9.17, 15) is 18.3 Å². The van der Waals surface area contributed by atoms with Crippen LogP contribution in [-0.2, 0) is 14.8 Å². The minimum Gasteiger partial charge on any atom is -0.388 e. The fourth-order valence-electron chi connectivity index (χ4n) is 2.90. The monoisotopic (exact) mass is 370 g/mol. The van der Waals surface area contributed by atoms with Crippen LogP contribution in [0.4, 0.5) is 0 Å². The zero-order chi connectivity index (χ0) is 18.3. The Morgan fingerprint density at radius 3 is 2.68 bits per heavy atom. The highest BCUT2D eigenvalue weighted by atomic mass is 32.2. The van der Waals surface area contributed by atoms with Gasteiger partial charge < -0.3 is 15.2 Å². The van der Waals surface area contributed by atoms with Crippen molar-refractivity contribution in [2.75, 3.05) is 26.8 Å². The maximum absolute atomic E-state index is 12.3. The first kappa shape index (κ1) is 19.8. The Hall–Kier alpha value is -1.48. The molecule has 0 aromatic heterocycles. The van der Waals surface area contributed by atoms with Crippen LogP contribution in [0.1, 0.15) is 42.5 Å². The van der Waals surface area contributed by atoms with Crippen LogP contribution in [0.25, 0.3) is 0 Å². The Morgan fingerprint density at radius 1 is 1.28 bits per heavy atom. The van der Waals surface area contributed by atoms with Gasteiger partial charge in [-0.1, -0.05) is 25.3 Å². The number of methoxy groups -OCH3 is 1. The molecular weight excluding hydrogens is 344 g/mol. The highest BCUT2D eigenvalue weighted by molar-refractivity contribution is 7.89. The van der Waals surface area contributed by atoms with E-state index in [1.807, 2.05) is 0 Å². The third kappa shape index (κ3) is 5.78. The summed E-state index contributed by atoms with van der Waals surface area (Å²) < 4.78 is 31.6. The van der Waals surface area contributed by atoms with Crippen LogP contribution in [0.5, 0.6) is 0 Å². The van der Waals surface area contributed by atoms with Gasteiger partial charge in [0.15, 0.2) is 0 Å². The predicted octanol–water partition coefficient (Wildman–Crippen LogP) is 1.04. The van der Waals surface area contributed by atoms with Crippen LogP contribution in [0.2, 0.25) is 0 Å². The summed E-state index contributed by atoms with van der Waals surface area (Å²) in [7, 11) is -2.21. The maximum atomic E-state index is 12.3. The second-order valence-electron chi connectivity index (χ2n) is 6.39. The first-order valence-electron chi connectivity index (χ1n) is 8.46. The van der Waals surface area contributed by atoms with Gasteiger partial charge in [-0.3, -0.25) is 4.79 Å². The van der Waals surface area contributed by atoms with Gasteiger partial charge in [0, 0.05) is 25.8 Å². The van der Waals surface area contributed by atoms with Gasteiger partial charge >= 0.3 is 0 Å². The first-order valence-corrected chi connectivity index (χ1v) is 9.94. The zero-order valence-corrected chi connectivity index (χ0v) is 15.3. The second-order valence-corrected chi connectivity index (χ2v) is 8.15. The van der Waals surface area contributed by atoms with E-state index >= 15 is 0 Å². The summed E-state index contributed by atoms with van der Waals surface area (Å²) in [5.74, 6) is -0.395. The summed E-state index contributed by atoms with van der Waals surface area (Å²) in [6.45, 7) is 0.592. The summed E-state index contributed by atoms with van der Waals surface area (Å²) in [6, 6.07) is 5.83. The minimum atomic E-state index is -3.70. The summed E-state index contributed by atoms with van der Waals surface area (Å²) >= 11 is 0. The van der Waals surface area contributed by atoms with E-state index in [-0.39, 0.29) is 30.2 Å². The molecule has 0 unspecified atom stereocenters. The topological polar surface area (TPSA) is 105 Å². The number of carbonyl (C=O) groups excluding carboxylic acids is 1. The fraction of sp³-hybridized carbons (Fsp3) is 0.588. The van der Waals surface area contributed by atoms with Crippen molar-refractivity contribution >= 4 is 15.9 Å². The number of amides is 1. The van der Waals surface area contributed by atoms with Crippen LogP contribution in [0.3, 0.4) is 0 Å². The van der Waals surface area contributed by atoms with E-state index in [1.165, 1.54) is 25.3 Å². The Balaban J connectivity index is 2.01. The molecule has 2 rings (SSSR count). The molecule has 1 aromatic rings. The molecule has 1 saturated carbocycles. The lowest BCUT2D eigenvalue weighted by Crippen LogP contribution is -2.44. The Kier molecular flexibility index (Phi) is 6.95. The van der Waals surface area contributed by atoms with Gasteiger partial charge in [0.25, 0.3) is 5.91 Å². The maximum Gasteiger partial charge on any atom is 0.251 e. The normalized spacial score (nSPS) is 17.2. The van der Waals surface area contributed by atoms with Crippen molar-refractivity contribution in [1.29, 1.82) is 0 Å². The van der Waals surface area contributed by atoms with Gasteiger partial charge in [-0.15, -0.1) is 0 Å². The number of rotatable bonds is 8. The lowest BCUT2D eigenvalue weighted by Gasteiger charge is -2.32. The highest BCUT2D eigenvalue weighted by Crippen LogP contribution is 2.27. The Labute approximate surface area is 148 Å². The molecule has 1 aromatic carbocycles. The van der Waals surface area contributed by atoms with Crippen molar-refractivity contribution in [2.24, 2.45) is 0 Å². The lowest BCUT2D eigenvalue weighted by molar-refractivity contribution is 0.00525. The van der Waals surface area contributed by atoms with Crippen molar-refractivity contribution in [1.82, 2.24) is 10.0 Å². The highest BCUT2D eigenvalue weighted by Gasteiger charge is 2.29. The number of carbonyl (C=O) groups is 1. The minimum absolute atomic E-state index is 0.0210. The third-order valence-electron chi connectivity index (χ3n) is 4.37. The van der Waals surface area contributed by atoms with Gasteiger partial charge in [-0.05, 0) is 31.0 Å². The average molecular weight is 370 g/mol. The van der Waals surface area contributed by atoms with Crippen LogP contribution in [0, 0.1) is 0 Å². The standard InChI is InChI=1S/C17H26N2O5S/c1-24-11-10-19-25(22,23)15-7-5-6-14(12-15)16(20)18-13-17(21)8-3-2-4-9-17/h5-7,12,19,21H,2-4,8-11,13H2,1H3,(H,18,20). The van der Waals surface area contributed by atoms with E-state index in [0.717, 1.165) is 19.3 Å². The van der Waals surface area contributed by atoms with Crippen LogP contribution < -0.4 is 10.0 Å². The number of aliphatic hydroxyl groups is 1. The van der Waals surface area contributed by atoms with E-state index in [0.29, 0.717) is 12.8 Å². The van der Waals surface area contributed by atoms with Crippen LogP contribution >= 0.6 is 0 Å². The molecule has 25 heavy (non-hydrogen) atoms. The summed E-state index contributed by atoms with van der Waals surface area (Å²) in [5, 5.41) is 13.2. The molecule has 8 heteroatoms. The molecule has 0 aliphatic heterocycles. The van der Waals surface area contributed by atoms with Crippen LogP contribution in [0.15, 0.2) is 29.2 Å². The second kappa shape index (κ2) is 8.75. The predicted molar refractivity (Wildman–Crippen MR) is 93.9 cm³/mol. The number of hydrogen-bond acceptors (Lipinski definition) is 5. The molecule has 0 heterocycles. The van der Waals surface area contributed by atoms with Crippen molar-refractivity contribution in [2.45, 2.75) is 42.6 Å². The molecule has 0 saturated heterocycles. The molecular formula is C17H26N2O5S. The molecule has 140 valence electrons. The van der Waals surface area contributed by atoms with Gasteiger partial charge in [0.2, 0.25) is 10.0 Å². The van der Waals surface area contributed by atoms with Gasteiger partial charge in [0.1, 0.15) is 0 Å². The van der Waals surface area contributed by atoms with Crippen molar-refractivity contribution < 1.29 is 23.1 Å². The molecule has 1 aliphatic carbocycles. The molecule has 7 nitrogen and oxygen atoms in total. The quantitative estimate of drug-likeness (QED) is 0.593. The number of benzene rings is 1. The molecule has 0 bridgehead atoms. The van der Waals surface area contributed by atoms with E-state index in [2.05, 4.69) is 10.0 Å². The lowest BCUT2D eigenvalue weighted by atomic mass is 9.85. The molecule has 0 radical (unpaired) electrons. The summed E-state index contributed by atoms with van der Waals surface area (Å²) in [5.41, 5.74) is -0.617. The number of sulfonamides is 1. The number of ether oxygens (including phenoxy) is 1. The van der Waals surface area contributed by atoms with Crippen LogP contribution in [-0.4, -0.2) is 51.8 Å². The Morgan fingerprint density at radius 2 is 2.00 bits per heavy atom. The smallest absolute Gasteiger partial charge is 0.251 e. The molecule has 1 aliphatic rings. The summed E-state index contributed by atoms with van der Waals surface area (Å²) in [6.07, 6.45) is 4.35. The number of hydrogen-bond donors (Lipinski definition) is 3. The zero-order valence-electron chi connectivity index (χ0n) is 14.5. The van der Waals surface area contributed by atoms with E-state index in [1.54, 1.807) is 6.07 Å². The van der Waals surface area contributed by atoms with Gasteiger partial charge in [0.05, 0.1) is 17.1 Å². The van der Waals surface area contributed by atoms with Crippen molar-refractivity contribution in [3.05, 3.63) is 29.8 Å². The van der Waals surface area contributed by atoms with Crippen molar-refractivity contribution in [3.8, 4) is 0 Å². The molecule has 1 amide bonds. The summed E-state index contributed by atoms with van der Waals surface area (Å²) in [4.78, 5) is 12.3. The molecule has 1 fully saturated rings. The molecule has 0 atom stereocenters. The van der Waals surface area contributed by atoms with Gasteiger partial charge in [-0.2, -0.15) is 0 Å². The van der Waals surface area contributed by atoms with Gasteiger partial charge in [-0.25, -0.2) is 13.1 Å². The SMILES string of the molecule is COCCNS(=O)(=O)c1cccc(C(=O)NCC2(O)CCCCC2)c1. The average Bonchev–Trinajstić information content (AvgIpc) is 2.61. The first-order chi connectivity index (χ1) is 11.9. The third-order valence-corrected chi connectivity index (χ3v) is 5.83. The molecule has 3 N–H and O–H groups in total. The van der Waals surface area contributed by atoms with E-state index in [4.69, 9.17) is 4.74 Å². The Bertz CT molecular complexity index is 684. The van der Waals surface area contributed by atoms with Crippen molar-refractivity contribution in [3.63, 3.8) is 0 Å². The molecule has 0 spiro atoms. The van der Waals surface area contributed by atoms with E-state index < -0.39 is 21.5 Å².